The van der Waals surface area contributed by atoms with E-state index in [4.69, 9.17) is 4.74 Å². The van der Waals surface area contributed by atoms with E-state index in [2.05, 4.69) is 25.4 Å². The molecule has 0 radical (unpaired) electrons. The van der Waals surface area contributed by atoms with Crippen LogP contribution in [-0.4, -0.2) is 48.1 Å². The Bertz CT molecular complexity index is 1180. The van der Waals surface area contributed by atoms with Crippen LogP contribution >= 0.6 is 0 Å². The summed E-state index contributed by atoms with van der Waals surface area (Å²) in [7, 11) is 0. The predicted molar refractivity (Wildman–Crippen MR) is 98.8 cm³/mol. The standard InChI is InChI=1S/C18H17FN6O3/c1-18(2,9-26)24-17(27)28-13-7-20-16-15(13)23-14(8-21-16)25-12-4-3-11(19)5-10(12)6-22-25/h3-8,26H,9H2,1-2H3,(H,20,21)(H,24,27). The zero-order chi connectivity index (χ0) is 19.9. The number of nitrogens with zero attached hydrogens (tertiary/aromatic N) is 4. The first kappa shape index (κ1) is 17.9. The summed E-state index contributed by atoms with van der Waals surface area (Å²) in [5.74, 6) is 0.208. The van der Waals surface area contributed by atoms with E-state index in [1.165, 1.54) is 35.4 Å². The van der Waals surface area contributed by atoms with Gasteiger partial charge in [0.2, 0.25) is 0 Å². The number of ether oxygens (including phenoxy) is 1. The molecule has 4 rings (SSSR count). The molecule has 0 bridgehead atoms. The van der Waals surface area contributed by atoms with Crippen LogP contribution in [0.5, 0.6) is 5.75 Å². The highest BCUT2D eigenvalue weighted by atomic mass is 19.1. The first-order valence-electron chi connectivity index (χ1n) is 8.45. The van der Waals surface area contributed by atoms with E-state index in [1.807, 2.05) is 0 Å². The molecule has 0 spiro atoms. The SMILES string of the molecule is CC(C)(CO)NC(=O)Oc1c[nH]c2ncc(-n3ncc4cc(F)ccc43)nc12. The Hall–Kier alpha value is -3.53. The number of fused-ring (bicyclic) bond motifs is 2. The molecule has 3 N–H and O–H groups in total. The quantitative estimate of drug-likeness (QED) is 0.497. The molecule has 0 atom stereocenters. The summed E-state index contributed by atoms with van der Waals surface area (Å²) in [4.78, 5) is 23.7. The topological polar surface area (TPSA) is 118 Å². The third-order valence-electron chi connectivity index (χ3n) is 4.12. The van der Waals surface area contributed by atoms with Gasteiger partial charge in [-0.1, -0.05) is 0 Å². The van der Waals surface area contributed by atoms with E-state index in [0.717, 1.165) is 0 Å². The van der Waals surface area contributed by atoms with Crippen molar-refractivity contribution in [1.82, 2.24) is 30.0 Å². The summed E-state index contributed by atoms with van der Waals surface area (Å²) < 4.78 is 20.2. The summed E-state index contributed by atoms with van der Waals surface area (Å²) in [5, 5.41) is 16.7. The first-order chi connectivity index (χ1) is 13.4. The molecule has 9 nitrogen and oxygen atoms in total. The summed E-state index contributed by atoms with van der Waals surface area (Å²) in [6.45, 7) is 3.08. The summed E-state index contributed by atoms with van der Waals surface area (Å²) in [6, 6.07) is 4.32. The lowest BCUT2D eigenvalue weighted by Crippen LogP contribution is -2.47. The average Bonchev–Trinajstić information content (AvgIpc) is 3.24. The number of aromatic nitrogens is 5. The van der Waals surface area contributed by atoms with E-state index in [9.17, 15) is 14.3 Å². The van der Waals surface area contributed by atoms with Gasteiger partial charge in [-0.3, -0.25) is 0 Å². The maximum Gasteiger partial charge on any atom is 0.413 e. The van der Waals surface area contributed by atoms with Crippen LogP contribution in [0.4, 0.5) is 9.18 Å². The van der Waals surface area contributed by atoms with Gasteiger partial charge in [-0.25, -0.2) is 23.8 Å². The summed E-state index contributed by atoms with van der Waals surface area (Å²) in [5.41, 5.74) is 0.592. The minimum Gasteiger partial charge on any atom is -0.406 e. The molecule has 10 heteroatoms. The molecule has 0 unspecified atom stereocenters. The third kappa shape index (κ3) is 3.25. The zero-order valence-electron chi connectivity index (χ0n) is 15.1. The van der Waals surface area contributed by atoms with Crippen molar-refractivity contribution < 1.29 is 19.0 Å². The fourth-order valence-electron chi connectivity index (χ4n) is 2.67. The van der Waals surface area contributed by atoms with Crippen molar-refractivity contribution in [2.75, 3.05) is 6.61 Å². The number of nitrogens with one attached hydrogen (secondary N) is 2. The highest BCUT2D eigenvalue weighted by Crippen LogP contribution is 2.25. The van der Waals surface area contributed by atoms with Gasteiger partial charge >= 0.3 is 6.09 Å². The Morgan fingerprint density at radius 1 is 1.39 bits per heavy atom. The number of hydrogen-bond donors (Lipinski definition) is 3. The fourth-order valence-corrected chi connectivity index (χ4v) is 2.67. The Labute approximate surface area is 158 Å². The van der Waals surface area contributed by atoms with Gasteiger partial charge in [0.1, 0.15) is 5.82 Å². The number of carbonyl (C=O) groups is 1. The molecule has 1 amide bonds. The first-order valence-corrected chi connectivity index (χ1v) is 8.45. The molecule has 0 aliphatic heterocycles. The predicted octanol–water partition coefficient (Wildman–Crippen LogP) is 2.30. The molecule has 0 aliphatic rings. The number of halogens is 1. The molecular formula is C18H17FN6O3. The number of aromatic amines is 1. The van der Waals surface area contributed by atoms with Crippen molar-refractivity contribution in [2.45, 2.75) is 19.4 Å². The number of benzene rings is 1. The number of H-pyrrole nitrogens is 1. The highest BCUT2D eigenvalue weighted by molar-refractivity contribution is 5.84. The van der Waals surface area contributed by atoms with E-state index in [0.29, 0.717) is 27.9 Å². The molecule has 0 saturated heterocycles. The highest BCUT2D eigenvalue weighted by Gasteiger charge is 2.22. The maximum absolute atomic E-state index is 13.4. The number of carbonyl (C=O) groups excluding carboxylic acids is 1. The Kier molecular flexibility index (Phi) is 4.19. The van der Waals surface area contributed by atoms with Crippen LogP contribution in [0.25, 0.3) is 27.9 Å². The lowest BCUT2D eigenvalue weighted by molar-refractivity contribution is 0.159. The summed E-state index contributed by atoms with van der Waals surface area (Å²) >= 11 is 0. The van der Waals surface area contributed by atoms with Crippen molar-refractivity contribution in [3.05, 3.63) is 42.6 Å². The minimum absolute atomic E-state index is 0.179. The van der Waals surface area contributed by atoms with Crippen LogP contribution in [0.3, 0.4) is 0 Å². The summed E-state index contributed by atoms with van der Waals surface area (Å²) in [6.07, 6.45) is 3.78. The van der Waals surface area contributed by atoms with E-state index in [1.54, 1.807) is 19.9 Å². The number of aliphatic hydroxyl groups is 1. The lowest BCUT2D eigenvalue weighted by atomic mass is 10.1. The Balaban J connectivity index is 1.69. The fraction of sp³-hybridized carbons (Fsp3) is 0.222. The minimum atomic E-state index is -0.830. The van der Waals surface area contributed by atoms with Crippen LogP contribution in [0.2, 0.25) is 0 Å². The normalized spacial score (nSPS) is 11.9. The average molecular weight is 384 g/mol. The zero-order valence-corrected chi connectivity index (χ0v) is 15.1. The van der Waals surface area contributed by atoms with Crippen LogP contribution in [0.1, 0.15) is 13.8 Å². The molecule has 0 aliphatic carbocycles. The van der Waals surface area contributed by atoms with Crippen LogP contribution in [-0.2, 0) is 0 Å². The van der Waals surface area contributed by atoms with Gasteiger partial charge in [0.05, 0.1) is 30.1 Å². The van der Waals surface area contributed by atoms with Crippen molar-refractivity contribution in [1.29, 1.82) is 0 Å². The van der Waals surface area contributed by atoms with Gasteiger partial charge < -0.3 is 20.1 Å². The van der Waals surface area contributed by atoms with Crippen LogP contribution in [0, 0.1) is 5.82 Å². The molecule has 144 valence electrons. The maximum atomic E-state index is 13.4. The van der Waals surface area contributed by atoms with Crippen molar-refractivity contribution in [3.63, 3.8) is 0 Å². The second-order valence-electron chi connectivity index (χ2n) is 6.89. The molecule has 28 heavy (non-hydrogen) atoms. The van der Waals surface area contributed by atoms with Crippen molar-refractivity contribution in [3.8, 4) is 11.6 Å². The Morgan fingerprint density at radius 3 is 3.00 bits per heavy atom. The lowest BCUT2D eigenvalue weighted by Gasteiger charge is -2.22. The molecule has 0 saturated carbocycles. The van der Waals surface area contributed by atoms with E-state index < -0.39 is 11.6 Å². The number of hydrogen-bond acceptors (Lipinski definition) is 6. The largest absolute Gasteiger partial charge is 0.413 e. The van der Waals surface area contributed by atoms with Gasteiger partial charge in [-0.15, -0.1) is 0 Å². The van der Waals surface area contributed by atoms with Gasteiger partial charge in [-0.05, 0) is 32.0 Å². The van der Waals surface area contributed by atoms with Gasteiger partial charge in [0, 0.05) is 11.6 Å². The number of aliphatic hydroxyl groups excluding tert-OH is 1. The monoisotopic (exact) mass is 384 g/mol. The second kappa shape index (κ2) is 6.57. The van der Waals surface area contributed by atoms with Crippen molar-refractivity contribution in [2.24, 2.45) is 0 Å². The third-order valence-corrected chi connectivity index (χ3v) is 4.12. The van der Waals surface area contributed by atoms with Gasteiger partial charge in [0.15, 0.2) is 22.7 Å². The molecule has 4 aromatic rings. The van der Waals surface area contributed by atoms with Crippen LogP contribution < -0.4 is 10.1 Å². The molecule has 3 heterocycles. The van der Waals surface area contributed by atoms with Gasteiger partial charge in [-0.2, -0.15) is 5.10 Å². The molecular weight excluding hydrogens is 367 g/mol. The van der Waals surface area contributed by atoms with E-state index >= 15 is 0 Å². The van der Waals surface area contributed by atoms with Crippen molar-refractivity contribution >= 4 is 28.2 Å². The molecule has 3 aromatic heterocycles. The smallest absolute Gasteiger partial charge is 0.406 e. The number of amides is 1. The van der Waals surface area contributed by atoms with E-state index in [-0.39, 0.29) is 18.2 Å². The number of rotatable bonds is 4. The second-order valence-corrected chi connectivity index (χ2v) is 6.89. The molecule has 1 aromatic carbocycles. The van der Waals surface area contributed by atoms with Gasteiger partial charge in [0.25, 0.3) is 0 Å². The molecule has 0 fully saturated rings. The Morgan fingerprint density at radius 2 is 2.21 bits per heavy atom. The van der Waals surface area contributed by atoms with Crippen LogP contribution in [0.15, 0.2) is 36.8 Å².